The zero-order valence-corrected chi connectivity index (χ0v) is 16.9. The van der Waals surface area contributed by atoms with Crippen molar-refractivity contribution in [1.29, 1.82) is 0 Å². The van der Waals surface area contributed by atoms with E-state index in [9.17, 15) is 4.79 Å². The number of ether oxygens (including phenoxy) is 2. The van der Waals surface area contributed by atoms with Gasteiger partial charge in [0.2, 0.25) is 0 Å². The van der Waals surface area contributed by atoms with Crippen molar-refractivity contribution in [3.63, 3.8) is 0 Å². The Bertz CT molecular complexity index is 731. The highest BCUT2D eigenvalue weighted by molar-refractivity contribution is 6.30. The van der Waals surface area contributed by atoms with E-state index in [0.717, 1.165) is 25.2 Å². The first kappa shape index (κ1) is 21.1. The van der Waals surface area contributed by atoms with Crippen molar-refractivity contribution in [2.24, 2.45) is 0 Å². The number of likely N-dealkylation sites (N-methyl/N-ethyl adjacent to an activating group) is 1. The van der Waals surface area contributed by atoms with E-state index in [1.54, 1.807) is 25.3 Å². The SMILES string of the molecule is CCN(CC)CCNC(=O)c1ccc(OCc2ccc(Cl)cc2)c(OC)c1. The van der Waals surface area contributed by atoms with Crippen LogP contribution in [-0.2, 0) is 6.61 Å². The number of hydrogen-bond acceptors (Lipinski definition) is 4. The molecule has 2 aromatic carbocycles. The molecule has 1 N–H and O–H groups in total. The van der Waals surface area contributed by atoms with E-state index in [-0.39, 0.29) is 5.91 Å². The number of carbonyl (C=O) groups excluding carboxylic acids is 1. The number of halogens is 1. The lowest BCUT2D eigenvalue weighted by molar-refractivity contribution is 0.0948. The van der Waals surface area contributed by atoms with Crippen molar-refractivity contribution >= 4 is 17.5 Å². The van der Waals surface area contributed by atoms with Crippen molar-refractivity contribution in [3.8, 4) is 11.5 Å². The number of amides is 1. The minimum absolute atomic E-state index is 0.121. The molecule has 5 nitrogen and oxygen atoms in total. The lowest BCUT2D eigenvalue weighted by Gasteiger charge is -2.18. The number of rotatable bonds is 10. The van der Waals surface area contributed by atoms with Crippen LogP contribution in [0.5, 0.6) is 11.5 Å². The zero-order valence-electron chi connectivity index (χ0n) is 16.1. The van der Waals surface area contributed by atoms with Crippen molar-refractivity contribution in [1.82, 2.24) is 10.2 Å². The van der Waals surface area contributed by atoms with Gasteiger partial charge < -0.3 is 19.7 Å². The fourth-order valence-corrected chi connectivity index (χ4v) is 2.77. The number of nitrogens with one attached hydrogen (secondary N) is 1. The van der Waals surface area contributed by atoms with E-state index in [1.165, 1.54) is 0 Å². The van der Waals surface area contributed by atoms with Gasteiger partial charge in [0.15, 0.2) is 11.5 Å². The molecule has 27 heavy (non-hydrogen) atoms. The molecule has 146 valence electrons. The predicted octanol–water partition coefficient (Wildman–Crippen LogP) is 4.00. The van der Waals surface area contributed by atoms with Crippen LogP contribution in [0, 0.1) is 0 Å². The van der Waals surface area contributed by atoms with Gasteiger partial charge in [-0.25, -0.2) is 0 Å². The molecule has 1 amide bonds. The van der Waals surface area contributed by atoms with Crippen LogP contribution in [0.15, 0.2) is 42.5 Å². The van der Waals surface area contributed by atoms with E-state index >= 15 is 0 Å². The third-order valence-electron chi connectivity index (χ3n) is 4.34. The second-order valence-corrected chi connectivity index (χ2v) is 6.50. The molecule has 6 heteroatoms. The Morgan fingerprint density at radius 2 is 1.78 bits per heavy atom. The molecule has 0 aliphatic rings. The molecule has 0 radical (unpaired) electrons. The molecule has 0 bridgehead atoms. The molecular formula is C21H27ClN2O3. The smallest absolute Gasteiger partial charge is 0.251 e. The summed E-state index contributed by atoms with van der Waals surface area (Å²) in [5.74, 6) is 0.997. The summed E-state index contributed by atoms with van der Waals surface area (Å²) in [5, 5.41) is 3.63. The molecule has 2 rings (SSSR count). The van der Waals surface area contributed by atoms with Gasteiger partial charge in [0, 0.05) is 23.7 Å². The quantitative estimate of drug-likeness (QED) is 0.666. The lowest BCUT2D eigenvalue weighted by Crippen LogP contribution is -2.34. The van der Waals surface area contributed by atoms with Gasteiger partial charge in [0.05, 0.1) is 7.11 Å². The van der Waals surface area contributed by atoms with Gasteiger partial charge >= 0.3 is 0 Å². The van der Waals surface area contributed by atoms with Crippen LogP contribution in [0.2, 0.25) is 5.02 Å². The molecule has 2 aromatic rings. The second kappa shape index (κ2) is 10.8. The van der Waals surface area contributed by atoms with Crippen LogP contribution >= 0.6 is 11.6 Å². The predicted molar refractivity (Wildman–Crippen MR) is 109 cm³/mol. The van der Waals surface area contributed by atoms with E-state index in [4.69, 9.17) is 21.1 Å². The largest absolute Gasteiger partial charge is 0.493 e. The normalized spacial score (nSPS) is 10.7. The second-order valence-electron chi connectivity index (χ2n) is 6.06. The van der Waals surface area contributed by atoms with Gasteiger partial charge in [-0.15, -0.1) is 0 Å². The molecule has 0 aliphatic carbocycles. The minimum Gasteiger partial charge on any atom is -0.493 e. The van der Waals surface area contributed by atoms with Gasteiger partial charge in [-0.2, -0.15) is 0 Å². The van der Waals surface area contributed by atoms with Crippen LogP contribution in [0.4, 0.5) is 0 Å². The molecule has 0 aliphatic heterocycles. The third kappa shape index (κ3) is 6.45. The summed E-state index contributed by atoms with van der Waals surface area (Å²) in [5.41, 5.74) is 1.55. The molecule has 0 saturated heterocycles. The van der Waals surface area contributed by atoms with Crippen molar-refractivity contribution in [2.45, 2.75) is 20.5 Å². The molecular weight excluding hydrogens is 364 g/mol. The molecule has 0 atom stereocenters. The molecule has 0 heterocycles. The molecule has 0 fully saturated rings. The van der Waals surface area contributed by atoms with Gasteiger partial charge in [0.25, 0.3) is 5.91 Å². The van der Waals surface area contributed by atoms with Crippen molar-refractivity contribution in [2.75, 3.05) is 33.3 Å². The Morgan fingerprint density at radius 1 is 1.07 bits per heavy atom. The summed E-state index contributed by atoms with van der Waals surface area (Å²) in [4.78, 5) is 14.6. The fourth-order valence-electron chi connectivity index (χ4n) is 2.64. The summed E-state index contributed by atoms with van der Waals surface area (Å²) in [7, 11) is 1.56. The summed E-state index contributed by atoms with van der Waals surface area (Å²) in [6, 6.07) is 12.7. The number of carbonyl (C=O) groups is 1. The number of nitrogens with zero attached hydrogens (tertiary/aromatic N) is 1. The standard InChI is InChI=1S/C21H27ClN2O3/c1-4-24(5-2)13-12-23-21(25)17-8-11-19(20(14-17)26-3)27-15-16-6-9-18(22)10-7-16/h6-11,14H,4-5,12-13,15H2,1-3H3,(H,23,25). The first-order valence-electron chi connectivity index (χ1n) is 9.13. The Morgan fingerprint density at radius 3 is 2.41 bits per heavy atom. The van der Waals surface area contributed by atoms with Crippen molar-refractivity contribution in [3.05, 3.63) is 58.6 Å². The van der Waals surface area contributed by atoms with Crippen LogP contribution in [-0.4, -0.2) is 44.1 Å². The van der Waals surface area contributed by atoms with E-state index in [1.807, 2.05) is 24.3 Å². The highest BCUT2D eigenvalue weighted by atomic mass is 35.5. The highest BCUT2D eigenvalue weighted by Crippen LogP contribution is 2.29. The lowest BCUT2D eigenvalue weighted by atomic mass is 10.2. The van der Waals surface area contributed by atoms with Crippen LogP contribution < -0.4 is 14.8 Å². The Labute approximate surface area is 166 Å². The maximum Gasteiger partial charge on any atom is 0.251 e. The Kier molecular flexibility index (Phi) is 8.43. The average molecular weight is 391 g/mol. The van der Waals surface area contributed by atoms with Crippen LogP contribution in [0.25, 0.3) is 0 Å². The Hall–Kier alpha value is -2.24. The summed E-state index contributed by atoms with van der Waals surface area (Å²) < 4.78 is 11.2. The summed E-state index contributed by atoms with van der Waals surface area (Å²) >= 11 is 5.89. The fraction of sp³-hybridized carbons (Fsp3) is 0.381. The number of hydrogen-bond donors (Lipinski definition) is 1. The zero-order chi connectivity index (χ0) is 19.6. The average Bonchev–Trinajstić information content (AvgIpc) is 2.70. The maximum atomic E-state index is 12.4. The topological polar surface area (TPSA) is 50.8 Å². The summed E-state index contributed by atoms with van der Waals surface area (Å²) in [6.45, 7) is 8.00. The van der Waals surface area contributed by atoms with Gasteiger partial charge in [-0.1, -0.05) is 37.6 Å². The molecule has 0 unspecified atom stereocenters. The number of benzene rings is 2. The first-order valence-corrected chi connectivity index (χ1v) is 9.51. The third-order valence-corrected chi connectivity index (χ3v) is 4.59. The minimum atomic E-state index is -0.121. The van der Waals surface area contributed by atoms with Crippen LogP contribution in [0.1, 0.15) is 29.8 Å². The monoisotopic (exact) mass is 390 g/mol. The van der Waals surface area contributed by atoms with Crippen molar-refractivity contribution < 1.29 is 14.3 Å². The number of methoxy groups -OCH3 is 1. The van der Waals surface area contributed by atoms with Gasteiger partial charge in [-0.05, 0) is 49.0 Å². The molecule has 0 aromatic heterocycles. The molecule has 0 spiro atoms. The van der Waals surface area contributed by atoms with E-state index < -0.39 is 0 Å². The summed E-state index contributed by atoms with van der Waals surface area (Å²) in [6.07, 6.45) is 0. The molecule has 0 saturated carbocycles. The first-order chi connectivity index (χ1) is 13.1. The van der Waals surface area contributed by atoms with Gasteiger partial charge in [0.1, 0.15) is 6.61 Å². The van der Waals surface area contributed by atoms with Crippen LogP contribution in [0.3, 0.4) is 0 Å². The Balaban J connectivity index is 1.95. The highest BCUT2D eigenvalue weighted by Gasteiger charge is 2.11. The maximum absolute atomic E-state index is 12.4. The van der Waals surface area contributed by atoms with Gasteiger partial charge in [-0.3, -0.25) is 4.79 Å². The van der Waals surface area contributed by atoms with E-state index in [0.29, 0.717) is 35.2 Å². The van der Waals surface area contributed by atoms with E-state index in [2.05, 4.69) is 24.1 Å².